The number of rotatable bonds is 8. The van der Waals surface area contributed by atoms with Crippen molar-refractivity contribution in [3.63, 3.8) is 0 Å². The van der Waals surface area contributed by atoms with Crippen LogP contribution in [-0.4, -0.2) is 68.6 Å². The van der Waals surface area contributed by atoms with Crippen LogP contribution in [-0.2, 0) is 4.79 Å². The van der Waals surface area contributed by atoms with Crippen LogP contribution in [0.2, 0.25) is 0 Å². The SMILES string of the molecule is CCCC(CN)C(=O)NCCCN1CCN(C)CC1. The van der Waals surface area contributed by atoms with Gasteiger partial charge in [-0.05, 0) is 26.4 Å². The molecule has 0 saturated carbocycles. The fourth-order valence-electron chi connectivity index (χ4n) is 2.43. The van der Waals surface area contributed by atoms with Gasteiger partial charge in [0.1, 0.15) is 0 Å². The number of piperazine rings is 1. The van der Waals surface area contributed by atoms with Crippen LogP contribution in [0.15, 0.2) is 0 Å². The number of carbonyl (C=O) groups is 1. The Balaban J connectivity index is 2.08. The fourth-order valence-corrected chi connectivity index (χ4v) is 2.43. The molecule has 0 bridgehead atoms. The van der Waals surface area contributed by atoms with Crippen molar-refractivity contribution in [1.29, 1.82) is 0 Å². The minimum Gasteiger partial charge on any atom is -0.356 e. The van der Waals surface area contributed by atoms with Crippen LogP contribution in [0.1, 0.15) is 26.2 Å². The summed E-state index contributed by atoms with van der Waals surface area (Å²) in [5.74, 6) is 0.122. The van der Waals surface area contributed by atoms with Crippen LogP contribution in [0.5, 0.6) is 0 Å². The van der Waals surface area contributed by atoms with E-state index in [0.29, 0.717) is 6.54 Å². The topological polar surface area (TPSA) is 61.6 Å². The van der Waals surface area contributed by atoms with Gasteiger partial charge < -0.3 is 20.9 Å². The number of hydrogen-bond donors (Lipinski definition) is 2. The number of amides is 1. The van der Waals surface area contributed by atoms with Crippen molar-refractivity contribution in [3.05, 3.63) is 0 Å². The zero-order chi connectivity index (χ0) is 14.1. The lowest BCUT2D eigenvalue weighted by molar-refractivity contribution is -0.124. The van der Waals surface area contributed by atoms with Gasteiger partial charge in [0, 0.05) is 39.3 Å². The second kappa shape index (κ2) is 9.28. The highest BCUT2D eigenvalue weighted by Crippen LogP contribution is 2.04. The van der Waals surface area contributed by atoms with E-state index in [9.17, 15) is 4.79 Å². The minimum atomic E-state index is -0.00589. The van der Waals surface area contributed by atoms with Gasteiger partial charge >= 0.3 is 0 Å². The van der Waals surface area contributed by atoms with E-state index in [4.69, 9.17) is 5.73 Å². The van der Waals surface area contributed by atoms with Gasteiger partial charge in [0.25, 0.3) is 0 Å². The first-order chi connectivity index (χ1) is 9.17. The van der Waals surface area contributed by atoms with Crippen molar-refractivity contribution in [1.82, 2.24) is 15.1 Å². The molecule has 1 atom stereocenters. The summed E-state index contributed by atoms with van der Waals surface area (Å²) in [6.07, 6.45) is 2.93. The van der Waals surface area contributed by atoms with E-state index in [2.05, 4.69) is 29.1 Å². The summed E-state index contributed by atoms with van der Waals surface area (Å²) >= 11 is 0. The average molecular weight is 270 g/mol. The van der Waals surface area contributed by atoms with Crippen molar-refractivity contribution in [2.45, 2.75) is 26.2 Å². The number of likely N-dealkylation sites (N-methyl/N-ethyl adjacent to an activating group) is 1. The van der Waals surface area contributed by atoms with Crippen molar-refractivity contribution in [2.75, 3.05) is 52.9 Å². The Morgan fingerprint density at radius 3 is 2.58 bits per heavy atom. The molecular formula is C14H30N4O. The molecule has 0 radical (unpaired) electrons. The van der Waals surface area contributed by atoms with Crippen molar-refractivity contribution >= 4 is 5.91 Å². The molecule has 1 unspecified atom stereocenters. The molecule has 1 aliphatic rings. The molecule has 3 N–H and O–H groups in total. The third kappa shape index (κ3) is 6.36. The van der Waals surface area contributed by atoms with E-state index in [1.54, 1.807) is 0 Å². The van der Waals surface area contributed by atoms with Gasteiger partial charge in [-0.1, -0.05) is 13.3 Å². The average Bonchev–Trinajstić information content (AvgIpc) is 2.42. The predicted octanol–water partition coefficient (Wildman–Crippen LogP) is 0.115. The maximum Gasteiger partial charge on any atom is 0.224 e. The van der Waals surface area contributed by atoms with Gasteiger partial charge in [0.2, 0.25) is 5.91 Å². The maximum absolute atomic E-state index is 11.8. The van der Waals surface area contributed by atoms with E-state index in [0.717, 1.165) is 58.5 Å². The van der Waals surface area contributed by atoms with E-state index in [1.165, 1.54) is 0 Å². The molecule has 0 aromatic heterocycles. The zero-order valence-electron chi connectivity index (χ0n) is 12.5. The lowest BCUT2D eigenvalue weighted by atomic mass is 10.0. The van der Waals surface area contributed by atoms with Crippen molar-refractivity contribution in [2.24, 2.45) is 11.7 Å². The first-order valence-corrected chi connectivity index (χ1v) is 7.56. The van der Waals surface area contributed by atoms with Crippen molar-refractivity contribution in [3.8, 4) is 0 Å². The lowest BCUT2D eigenvalue weighted by Crippen LogP contribution is -2.45. The molecule has 1 heterocycles. The molecule has 0 spiro atoms. The van der Waals surface area contributed by atoms with Crippen LogP contribution in [0.3, 0.4) is 0 Å². The summed E-state index contributed by atoms with van der Waals surface area (Å²) in [6, 6.07) is 0. The van der Waals surface area contributed by atoms with Gasteiger partial charge in [-0.3, -0.25) is 4.79 Å². The zero-order valence-corrected chi connectivity index (χ0v) is 12.5. The number of nitrogens with two attached hydrogens (primary N) is 1. The molecule has 1 amide bonds. The monoisotopic (exact) mass is 270 g/mol. The summed E-state index contributed by atoms with van der Waals surface area (Å²) in [5, 5.41) is 3.01. The first-order valence-electron chi connectivity index (χ1n) is 7.56. The molecule has 0 aliphatic carbocycles. The lowest BCUT2D eigenvalue weighted by Gasteiger charge is -2.32. The normalized spacial score (nSPS) is 19.3. The molecule has 1 aliphatic heterocycles. The minimum absolute atomic E-state index is 0.00589. The van der Waals surface area contributed by atoms with Crippen LogP contribution in [0.4, 0.5) is 0 Å². The van der Waals surface area contributed by atoms with Gasteiger partial charge in [-0.25, -0.2) is 0 Å². The molecule has 1 saturated heterocycles. The number of hydrogen-bond acceptors (Lipinski definition) is 4. The Labute approximate surface area is 117 Å². The van der Waals surface area contributed by atoms with Gasteiger partial charge in [0.15, 0.2) is 0 Å². The van der Waals surface area contributed by atoms with E-state index in [-0.39, 0.29) is 11.8 Å². The first kappa shape index (κ1) is 16.4. The fraction of sp³-hybridized carbons (Fsp3) is 0.929. The largest absolute Gasteiger partial charge is 0.356 e. The Hall–Kier alpha value is -0.650. The van der Waals surface area contributed by atoms with Gasteiger partial charge in [-0.2, -0.15) is 0 Å². The van der Waals surface area contributed by atoms with Crippen LogP contribution < -0.4 is 11.1 Å². The quantitative estimate of drug-likeness (QED) is 0.615. The Kier molecular flexibility index (Phi) is 8.02. The summed E-state index contributed by atoms with van der Waals surface area (Å²) in [5.41, 5.74) is 5.62. The Morgan fingerprint density at radius 2 is 2.00 bits per heavy atom. The molecule has 112 valence electrons. The summed E-state index contributed by atoms with van der Waals surface area (Å²) in [6.45, 7) is 8.98. The highest BCUT2D eigenvalue weighted by molar-refractivity contribution is 5.78. The third-order valence-electron chi connectivity index (χ3n) is 3.84. The second-order valence-electron chi connectivity index (χ2n) is 5.51. The van der Waals surface area contributed by atoms with Crippen LogP contribution in [0.25, 0.3) is 0 Å². The standard InChI is InChI=1S/C14H30N4O/c1-3-5-13(12-15)14(19)16-6-4-7-18-10-8-17(2)9-11-18/h13H,3-12,15H2,1-2H3,(H,16,19). The van der Waals surface area contributed by atoms with Crippen LogP contribution >= 0.6 is 0 Å². The van der Waals surface area contributed by atoms with E-state index in [1.807, 2.05) is 0 Å². The molecule has 5 nitrogen and oxygen atoms in total. The molecule has 0 aromatic rings. The predicted molar refractivity (Wildman–Crippen MR) is 79.0 cm³/mol. The van der Waals surface area contributed by atoms with E-state index < -0.39 is 0 Å². The van der Waals surface area contributed by atoms with Crippen molar-refractivity contribution < 1.29 is 4.79 Å². The highest BCUT2D eigenvalue weighted by Gasteiger charge is 2.16. The molecule has 1 rings (SSSR count). The molecule has 5 heteroatoms. The highest BCUT2D eigenvalue weighted by atomic mass is 16.1. The third-order valence-corrected chi connectivity index (χ3v) is 3.84. The molecule has 19 heavy (non-hydrogen) atoms. The summed E-state index contributed by atoms with van der Waals surface area (Å²) in [4.78, 5) is 16.7. The second-order valence-corrected chi connectivity index (χ2v) is 5.51. The number of nitrogens with one attached hydrogen (secondary N) is 1. The number of carbonyl (C=O) groups excluding carboxylic acids is 1. The molecule has 0 aromatic carbocycles. The van der Waals surface area contributed by atoms with Gasteiger partial charge in [-0.15, -0.1) is 0 Å². The summed E-state index contributed by atoms with van der Waals surface area (Å²) < 4.78 is 0. The summed E-state index contributed by atoms with van der Waals surface area (Å²) in [7, 11) is 2.16. The Morgan fingerprint density at radius 1 is 1.32 bits per heavy atom. The molecular weight excluding hydrogens is 240 g/mol. The van der Waals surface area contributed by atoms with E-state index >= 15 is 0 Å². The Bertz CT molecular complexity index is 252. The number of nitrogens with zero attached hydrogens (tertiary/aromatic N) is 2. The molecule has 1 fully saturated rings. The van der Waals surface area contributed by atoms with Crippen LogP contribution in [0, 0.1) is 5.92 Å². The maximum atomic E-state index is 11.8. The smallest absolute Gasteiger partial charge is 0.224 e. The van der Waals surface area contributed by atoms with Gasteiger partial charge in [0.05, 0.1) is 5.92 Å².